The first-order chi connectivity index (χ1) is 10.4. The van der Waals surface area contributed by atoms with Crippen LogP contribution in [-0.4, -0.2) is 23.6 Å². The van der Waals surface area contributed by atoms with Crippen molar-refractivity contribution in [2.75, 3.05) is 4.72 Å². The van der Waals surface area contributed by atoms with E-state index < -0.39 is 10.0 Å². The lowest BCUT2D eigenvalue weighted by molar-refractivity contribution is 0.600. The summed E-state index contributed by atoms with van der Waals surface area (Å²) in [7, 11) is -3.71. The van der Waals surface area contributed by atoms with Crippen molar-refractivity contribution in [3.05, 3.63) is 47.2 Å². The molecule has 3 rings (SSSR count). The predicted octanol–water partition coefficient (Wildman–Crippen LogP) is 2.68. The number of aromatic nitrogens is 3. The maximum atomic E-state index is 12.7. The van der Waals surface area contributed by atoms with Gasteiger partial charge in [0.05, 0.1) is 10.3 Å². The van der Waals surface area contributed by atoms with Gasteiger partial charge in [-0.1, -0.05) is 17.7 Å². The summed E-state index contributed by atoms with van der Waals surface area (Å²) in [5, 5.41) is 7.35. The molecule has 2 N–H and O–H groups in total. The van der Waals surface area contributed by atoms with Gasteiger partial charge in [0.25, 0.3) is 10.0 Å². The fourth-order valence-electron chi connectivity index (χ4n) is 2.70. The topological polar surface area (TPSA) is 87.7 Å². The summed E-state index contributed by atoms with van der Waals surface area (Å²) in [4.78, 5) is 4.39. The molecule has 22 heavy (non-hydrogen) atoms. The Labute approximate surface area is 128 Å². The van der Waals surface area contributed by atoms with Crippen LogP contribution in [0.5, 0.6) is 0 Å². The number of benzene rings is 1. The van der Waals surface area contributed by atoms with Crippen LogP contribution in [0.4, 0.5) is 5.82 Å². The van der Waals surface area contributed by atoms with Crippen LogP contribution in [0.25, 0.3) is 11.0 Å². The van der Waals surface area contributed by atoms with Gasteiger partial charge in [-0.3, -0.25) is 9.82 Å². The molecular formula is C15H16N4O2S. The maximum absolute atomic E-state index is 12.7. The molecule has 114 valence electrons. The zero-order chi connectivity index (χ0) is 15.9. The van der Waals surface area contributed by atoms with Crippen LogP contribution in [-0.2, 0) is 10.0 Å². The van der Waals surface area contributed by atoms with Crippen LogP contribution < -0.4 is 4.72 Å². The molecule has 0 aliphatic carbocycles. The van der Waals surface area contributed by atoms with Crippen molar-refractivity contribution in [2.45, 2.75) is 25.7 Å². The maximum Gasteiger partial charge on any atom is 0.263 e. The SMILES string of the molecule is Cc1cc(C)c(S(=O)(=O)Nc2n[nH]c3ncccc23)c(C)c1. The molecular weight excluding hydrogens is 300 g/mol. The zero-order valence-electron chi connectivity index (χ0n) is 12.5. The quantitative estimate of drug-likeness (QED) is 0.777. The van der Waals surface area contributed by atoms with E-state index in [-0.39, 0.29) is 10.7 Å². The Hall–Kier alpha value is -2.41. The fourth-order valence-corrected chi connectivity index (χ4v) is 4.18. The van der Waals surface area contributed by atoms with E-state index in [1.54, 1.807) is 32.2 Å². The number of sulfonamides is 1. The van der Waals surface area contributed by atoms with Crippen LogP contribution in [0.15, 0.2) is 35.4 Å². The first-order valence-corrected chi connectivity index (χ1v) is 8.26. The fraction of sp³-hybridized carbons (Fsp3) is 0.200. The highest BCUT2D eigenvalue weighted by molar-refractivity contribution is 7.92. The molecule has 0 aliphatic heterocycles. The first kappa shape index (κ1) is 14.5. The lowest BCUT2D eigenvalue weighted by Gasteiger charge is -2.12. The molecule has 0 saturated carbocycles. The average molecular weight is 316 g/mol. The number of H-pyrrole nitrogens is 1. The van der Waals surface area contributed by atoms with Crippen molar-refractivity contribution in [3.63, 3.8) is 0 Å². The number of rotatable bonds is 3. The Bertz CT molecular complexity index is 938. The van der Waals surface area contributed by atoms with Crippen molar-refractivity contribution >= 4 is 26.9 Å². The van der Waals surface area contributed by atoms with Crippen molar-refractivity contribution in [1.29, 1.82) is 0 Å². The molecule has 0 atom stereocenters. The van der Waals surface area contributed by atoms with Crippen LogP contribution in [0.1, 0.15) is 16.7 Å². The van der Waals surface area contributed by atoms with E-state index in [2.05, 4.69) is 19.9 Å². The van der Waals surface area contributed by atoms with Gasteiger partial charge in [-0.15, -0.1) is 0 Å². The van der Waals surface area contributed by atoms with Gasteiger partial charge < -0.3 is 0 Å². The minimum Gasteiger partial charge on any atom is -0.261 e. The number of fused-ring (bicyclic) bond motifs is 1. The molecule has 0 amide bonds. The number of anilines is 1. The van der Waals surface area contributed by atoms with Crippen LogP contribution >= 0.6 is 0 Å². The van der Waals surface area contributed by atoms with Crippen LogP contribution in [0, 0.1) is 20.8 Å². The number of aromatic amines is 1. The predicted molar refractivity (Wildman–Crippen MR) is 85.4 cm³/mol. The standard InChI is InChI=1S/C15H16N4O2S/c1-9-7-10(2)13(11(3)8-9)22(20,21)19-15-12-5-4-6-16-14(12)17-18-15/h4-8H,1-3H3,(H2,16,17,18,19). The van der Waals surface area contributed by atoms with Gasteiger partial charge in [-0.25, -0.2) is 13.4 Å². The lowest BCUT2D eigenvalue weighted by Crippen LogP contribution is -2.16. The lowest BCUT2D eigenvalue weighted by atomic mass is 10.1. The minimum absolute atomic E-state index is 0.252. The van der Waals surface area contributed by atoms with Gasteiger partial charge >= 0.3 is 0 Å². The third-order valence-corrected chi connectivity index (χ3v) is 5.08. The van der Waals surface area contributed by atoms with Gasteiger partial charge in [0, 0.05) is 6.20 Å². The normalized spacial score (nSPS) is 11.8. The average Bonchev–Trinajstić information content (AvgIpc) is 2.80. The summed E-state index contributed by atoms with van der Waals surface area (Å²) in [6.45, 7) is 5.52. The Morgan fingerprint density at radius 1 is 1.14 bits per heavy atom. The highest BCUT2D eigenvalue weighted by Crippen LogP contribution is 2.26. The van der Waals surface area contributed by atoms with E-state index in [9.17, 15) is 8.42 Å². The monoisotopic (exact) mass is 316 g/mol. The van der Waals surface area contributed by atoms with E-state index in [0.29, 0.717) is 22.2 Å². The van der Waals surface area contributed by atoms with Gasteiger partial charge in [0.15, 0.2) is 11.5 Å². The molecule has 2 aromatic heterocycles. The number of nitrogens with zero attached hydrogens (tertiary/aromatic N) is 2. The molecule has 0 spiro atoms. The van der Waals surface area contributed by atoms with E-state index in [1.807, 2.05) is 19.1 Å². The summed E-state index contributed by atoms with van der Waals surface area (Å²) in [5.41, 5.74) is 2.99. The molecule has 0 unspecified atom stereocenters. The number of hydrogen-bond acceptors (Lipinski definition) is 4. The molecule has 0 bridgehead atoms. The van der Waals surface area contributed by atoms with Crippen molar-refractivity contribution < 1.29 is 8.42 Å². The Morgan fingerprint density at radius 2 is 1.82 bits per heavy atom. The zero-order valence-corrected chi connectivity index (χ0v) is 13.3. The van der Waals surface area contributed by atoms with Crippen LogP contribution in [0.2, 0.25) is 0 Å². The van der Waals surface area contributed by atoms with Gasteiger partial charge in [-0.05, 0) is 44.0 Å². The summed E-state index contributed by atoms with van der Waals surface area (Å²) in [6, 6.07) is 7.20. The first-order valence-electron chi connectivity index (χ1n) is 6.78. The van der Waals surface area contributed by atoms with Gasteiger partial charge in [0.1, 0.15) is 0 Å². The Kier molecular flexibility index (Phi) is 3.37. The van der Waals surface area contributed by atoms with Gasteiger partial charge in [0.2, 0.25) is 0 Å². The second-order valence-corrected chi connectivity index (χ2v) is 6.92. The molecule has 0 saturated heterocycles. The molecule has 3 aromatic rings. The Balaban J connectivity index is 2.08. The van der Waals surface area contributed by atoms with Crippen molar-refractivity contribution in [2.24, 2.45) is 0 Å². The number of hydrogen-bond donors (Lipinski definition) is 2. The molecule has 0 aliphatic rings. The molecule has 6 nitrogen and oxygen atoms in total. The molecule has 0 radical (unpaired) electrons. The largest absolute Gasteiger partial charge is 0.263 e. The van der Waals surface area contributed by atoms with E-state index in [1.165, 1.54) is 0 Å². The third kappa shape index (κ3) is 2.43. The second-order valence-electron chi connectivity index (χ2n) is 5.31. The van der Waals surface area contributed by atoms with Gasteiger partial charge in [-0.2, -0.15) is 5.10 Å². The molecule has 7 heteroatoms. The second kappa shape index (κ2) is 5.10. The highest BCUT2D eigenvalue weighted by atomic mass is 32.2. The smallest absolute Gasteiger partial charge is 0.261 e. The number of aryl methyl sites for hydroxylation is 3. The Morgan fingerprint density at radius 3 is 2.50 bits per heavy atom. The van der Waals surface area contributed by atoms with E-state index >= 15 is 0 Å². The highest BCUT2D eigenvalue weighted by Gasteiger charge is 2.22. The van der Waals surface area contributed by atoms with Crippen molar-refractivity contribution in [3.8, 4) is 0 Å². The molecule has 0 fully saturated rings. The summed E-state index contributed by atoms with van der Waals surface area (Å²) >= 11 is 0. The molecule has 1 aromatic carbocycles. The summed E-state index contributed by atoms with van der Waals surface area (Å²) < 4.78 is 28.0. The van der Waals surface area contributed by atoms with E-state index in [0.717, 1.165) is 5.56 Å². The number of pyridine rings is 1. The summed E-state index contributed by atoms with van der Waals surface area (Å²) in [5.74, 6) is 0.252. The van der Waals surface area contributed by atoms with Crippen LogP contribution in [0.3, 0.4) is 0 Å². The van der Waals surface area contributed by atoms with E-state index in [4.69, 9.17) is 0 Å². The number of nitrogens with one attached hydrogen (secondary N) is 2. The summed E-state index contributed by atoms with van der Waals surface area (Å²) in [6.07, 6.45) is 1.62. The third-order valence-electron chi connectivity index (χ3n) is 3.44. The van der Waals surface area contributed by atoms with Crippen molar-refractivity contribution in [1.82, 2.24) is 15.2 Å². The minimum atomic E-state index is -3.71. The molecule has 2 heterocycles.